The predicted molar refractivity (Wildman–Crippen MR) is 96.3 cm³/mol. The lowest BCUT2D eigenvalue weighted by Crippen LogP contribution is -2.38. The Kier molecular flexibility index (Phi) is 3.15. The Morgan fingerprint density at radius 1 is 1.12 bits per heavy atom. The lowest BCUT2D eigenvalue weighted by atomic mass is 9.87. The number of halogens is 1. The van der Waals surface area contributed by atoms with Crippen LogP contribution >= 0.6 is 11.6 Å². The van der Waals surface area contributed by atoms with Crippen LogP contribution in [0.15, 0.2) is 47.7 Å². The number of imidazole rings is 1. The second-order valence-electron chi connectivity index (χ2n) is 6.57. The normalized spacial score (nSPS) is 16.2. The fraction of sp³-hybridized carbons (Fsp3) is 0.211. The van der Waals surface area contributed by atoms with Crippen molar-refractivity contribution in [3.63, 3.8) is 0 Å². The van der Waals surface area contributed by atoms with Gasteiger partial charge in [-0.25, -0.2) is 4.98 Å². The van der Waals surface area contributed by atoms with E-state index in [1.807, 2.05) is 49.6 Å². The molecule has 0 atom stereocenters. The van der Waals surface area contributed by atoms with E-state index in [9.17, 15) is 4.79 Å². The van der Waals surface area contributed by atoms with Crippen LogP contribution in [-0.2, 0) is 0 Å². The van der Waals surface area contributed by atoms with Crippen molar-refractivity contribution in [2.24, 2.45) is 4.99 Å². The van der Waals surface area contributed by atoms with Crippen LogP contribution in [0.3, 0.4) is 0 Å². The van der Waals surface area contributed by atoms with Gasteiger partial charge in [0.1, 0.15) is 17.7 Å². The minimum atomic E-state index is -0.840. The van der Waals surface area contributed by atoms with E-state index < -0.39 is 5.54 Å². The van der Waals surface area contributed by atoms with Crippen LogP contribution in [0, 0.1) is 6.92 Å². The monoisotopic (exact) mass is 337 g/mol. The van der Waals surface area contributed by atoms with Gasteiger partial charge in [0.25, 0.3) is 0 Å². The highest BCUT2D eigenvalue weighted by molar-refractivity contribution is 6.31. The van der Waals surface area contributed by atoms with Crippen LogP contribution in [0.2, 0.25) is 5.02 Å². The molecule has 0 unspecified atom stereocenters. The van der Waals surface area contributed by atoms with Gasteiger partial charge >= 0.3 is 0 Å². The van der Waals surface area contributed by atoms with Crippen molar-refractivity contribution in [3.8, 4) is 0 Å². The van der Waals surface area contributed by atoms with Gasteiger partial charge in [-0.05, 0) is 50.6 Å². The molecule has 0 fully saturated rings. The van der Waals surface area contributed by atoms with Crippen LogP contribution in [0.1, 0.15) is 35.3 Å². The number of ketones is 1. The zero-order valence-electron chi connectivity index (χ0n) is 13.7. The van der Waals surface area contributed by atoms with Crippen molar-refractivity contribution in [2.45, 2.75) is 26.3 Å². The Labute approximate surface area is 144 Å². The van der Waals surface area contributed by atoms with Gasteiger partial charge in [0.05, 0.1) is 11.0 Å². The Hall–Kier alpha value is -2.46. The maximum atomic E-state index is 12.7. The molecule has 0 radical (unpaired) electrons. The van der Waals surface area contributed by atoms with Gasteiger partial charge in [0, 0.05) is 16.1 Å². The number of para-hydroxylation sites is 1. The Morgan fingerprint density at radius 3 is 2.71 bits per heavy atom. The number of benzene rings is 2. The van der Waals surface area contributed by atoms with E-state index >= 15 is 0 Å². The van der Waals surface area contributed by atoms with E-state index in [-0.39, 0.29) is 5.78 Å². The Morgan fingerprint density at radius 2 is 1.92 bits per heavy atom. The number of aliphatic imine (C=N–C) groups is 1. The molecule has 1 aliphatic rings. The summed E-state index contributed by atoms with van der Waals surface area (Å²) in [6, 6.07) is 11.4. The minimum Gasteiger partial charge on any atom is -0.291 e. The van der Waals surface area contributed by atoms with Gasteiger partial charge < -0.3 is 0 Å². The van der Waals surface area contributed by atoms with Crippen molar-refractivity contribution >= 4 is 34.3 Å². The van der Waals surface area contributed by atoms with Gasteiger partial charge in [0.2, 0.25) is 0 Å². The van der Waals surface area contributed by atoms with Crippen LogP contribution < -0.4 is 0 Å². The van der Waals surface area contributed by atoms with E-state index in [1.165, 1.54) is 0 Å². The van der Waals surface area contributed by atoms with Gasteiger partial charge in [-0.15, -0.1) is 0 Å². The molecule has 1 aromatic heterocycles. The maximum absolute atomic E-state index is 12.7. The number of hydrogen-bond acceptors (Lipinski definition) is 3. The molecule has 0 N–H and O–H groups in total. The molecule has 3 aromatic rings. The molecular weight excluding hydrogens is 322 g/mol. The third-order valence-corrected chi connectivity index (χ3v) is 4.65. The number of carbonyl (C=O) groups excluding carboxylic acids is 1. The third kappa shape index (κ3) is 2.10. The third-order valence-electron chi connectivity index (χ3n) is 4.41. The first kappa shape index (κ1) is 15.1. The second kappa shape index (κ2) is 5.02. The van der Waals surface area contributed by atoms with Crippen LogP contribution in [0.25, 0.3) is 11.0 Å². The zero-order valence-corrected chi connectivity index (χ0v) is 14.4. The van der Waals surface area contributed by atoms with E-state index in [2.05, 4.69) is 4.98 Å². The molecule has 0 bridgehead atoms. The van der Waals surface area contributed by atoms with Crippen molar-refractivity contribution < 1.29 is 4.79 Å². The van der Waals surface area contributed by atoms with E-state index in [0.29, 0.717) is 10.6 Å². The highest BCUT2D eigenvalue weighted by Gasteiger charge is 2.36. The van der Waals surface area contributed by atoms with Gasteiger partial charge in [-0.2, -0.15) is 0 Å². The summed E-state index contributed by atoms with van der Waals surface area (Å²) >= 11 is 6.11. The van der Waals surface area contributed by atoms with Crippen LogP contribution in [-0.4, -0.2) is 26.7 Å². The number of hydrogen-bond donors (Lipinski definition) is 0. The maximum Gasteiger partial charge on any atom is 0.190 e. The smallest absolute Gasteiger partial charge is 0.190 e. The van der Waals surface area contributed by atoms with Crippen molar-refractivity contribution in [3.05, 3.63) is 64.4 Å². The zero-order chi connectivity index (χ0) is 17.1. The predicted octanol–water partition coefficient (Wildman–Crippen LogP) is 4.27. The van der Waals surface area contributed by atoms with Crippen molar-refractivity contribution in [1.29, 1.82) is 0 Å². The van der Waals surface area contributed by atoms with Gasteiger partial charge in [0.15, 0.2) is 5.78 Å². The van der Waals surface area contributed by atoms with E-state index in [0.717, 1.165) is 28.0 Å². The molecule has 5 heteroatoms. The molecule has 24 heavy (non-hydrogen) atoms. The first-order chi connectivity index (χ1) is 11.4. The molecule has 120 valence electrons. The number of Topliss-reactive ketones (excluding diaryl/α,β-unsaturated/α-hetero) is 1. The highest BCUT2D eigenvalue weighted by atomic mass is 35.5. The average molecular weight is 338 g/mol. The molecule has 1 aliphatic heterocycles. The molecule has 4 nitrogen and oxygen atoms in total. The summed E-state index contributed by atoms with van der Waals surface area (Å²) in [4.78, 5) is 22.0. The number of nitrogens with zero attached hydrogens (tertiary/aromatic N) is 3. The molecule has 0 saturated carbocycles. The number of fused-ring (bicyclic) bond motifs is 2. The van der Waals surface area contributed by atoms with Crippen LogP contribution in [0.5, 0.6) is 0 Å². The minimum absolute atomic E-state index is 0.0237. The number of aromatic nitrogens is 2. The SMILES string of the molecule is Cc1cccc2c1ncn2C1=NC(C)(C)C(=O)c2cc(Cl)ccc21. The fourth-order valence-electron chi connectivity index (χ4n) is 3.14. The first-order valence-electron chi connectivity index (χ1n) is 7.76. The van der Waals surface area contributed by atoms with E-state index in [1.54, 1.807) is 18.5 Å². The molecule has 4 rings (SSSR count). The van der Waals surface area contributed by atoms with Crippen molar-refractivity contribution in [2.75, 3.05) is 0 Å². The molecule has 0 spiro atoms. The summed E-state index contributed by atoms with van der Waals surface area (Å²) in [6.07, 6.45) is 1.76. The molecule has 0 saturated heterocycles. The van der Waals surface area contributed by atoms with Crippen LogP contribution in [0.4, 0.5) is 0 Å². The van der Waals surface area contributed by atoms with Crippen molar-refractivity contribution in [1.82, 2.24) is 9.55 Å². The lowest BCUT2D eigenvalue weighted by Gasteiger charge is -2.28. The number of rotatable bonds is 0. The summed E-state index contributed by atoms with van der Waals surface area (Å²) in [5.74, 6) is 0.698. The molecule has 2 heterocycles. The Balaban J connectivity index is 2.03. The Bertz CT molecular complexity index is 1030. The second-order valence-corrected chi connectivity index (χ2v) is 7.01. The quantitative estimate of drug-likeness (QED) is 0.615. The number of carbonyl (C=O) groups is 1. The summed E-state index contributed by atoms with van der Waals surface area (Å²) in [6.45, 7) is 5.68. The average Bonchev–Trinajstić information content (AvgIpc) is 2.96. The molecule has 0 aliphatic carbocycles. The molecular formula is C19H16ClN3O. The van der Waals surface area contributed by atoms with Gasteiger partial charge in [-0.1, -0.05) is 23.7 Å². The summed E-state index contributed by atoms with van der Waals surface area (Å²) in [5.41, 5.74) is 3.56. The highest BCUT2D eigenvalue weighted by Crippen LogP contribution is 2.30. The lowest BCUT2D eigenvalue weighted by molar-refractivity contribution is 0.0912. The van der Waals surface area contributed by atoms with Gasteiger partial charge in [-0.3, -0.25) is 14.4 Å². The molecule has 0 amide bonds. The fourth-order valence-corrected chi connectivity index (χ4v) is 3.31. The topological polar surface area (TPSA) is 47.2 Å². The first-order valence-corrected chi connectivity index (χ1v) is 8.14. The number of aryl methyl sites for hydroxylation is 1. The summed E-state index contributed by atoms with van der Waals surface area (Å²) < 4.78 is 1.95. The van der Waals surface area contributed by atoms with E-state index in [4.69, 9.17) is 16.6 Å². The standard InChI is InChI=1S/C19H16ClN3O/c1-11-5-4-6-15-16(11)21-10-23(15)18-13-8-7-12(20)9-14(13)17(24)19(2,3)22-18/h4-10H,1-3H3. The summed E-state index contributed by atoms with van der Waals surface area (Å²) in [7, 11) is 0. The summed E-state index contributed by atoms with van der Waals surface area (Å²) in [5, 5.41) is 0.547. The largest absolute Gasteiger partial charge is 0.291 e. The molecule has 2 aromatic carbocycles.